The lowest BCUT2D eigenvalue weighted by Gasteiger charge is -2.33. The van der Waals surface area contributed by atoms with Crippen LogP contribution in [0, 0.1) is 5.92 Å². The van der Waals surface area contributed by atoms with Crippen molar-refractivity contribution in [3.8, 4) is 5.75 Å². The van der Waals surface area contributed by atoms with Crippen molar-refractivity contribution in [1.82, 2.24) is 14.3 Å². The molecule has 1 fully saturated rings. The smallest absolute Gasteiger partial charge is 0.243 e. The van der Waals surface area contributed by atoms with Crippen molar-refractivity contribution < 1.29 is 17.9 Å². The van der Waals surface area contributed by atoms with Crippen LogP contribution >= 0.6 is 11.3 Å². The number of hydrogen-bond acceptors (Lipinski definition) is 7. The van der Waals surface area contributed by atoms with Crippen LogP contribution in [-0.2, 0) is 21.4 Å². The zero-order valence-electron chi connectivity index (χ0n) is 19.8. The number of benzene rings is 2. The Labute approximate surface area is 214 Å². The van der Waals surface area contributed by atoms with Gasteiger partial charge in [0.05, 0.1) is 34.9 Å². The van der Waals surface area contributed by atoms with Gasteiger partial charge in [0, 0.05) is 19.3 Å². The zero-order valence-corrected chi connectivity index (χ0v) is 21.4. The average molecular weight is 523 g/mol. The van der Waals surface area contributed by atoms with Gasteiger partial charge in [0.25, 0.3) is 0 Å². The van der Waals surface area contributed by atoms with Crippen molar-refractivity contribution in [2.24, 2.45) is 5.92 Å². The Morgan fingerprint density at radius 3 is 2.67 bits per heavy atom. The van der Waals surface area contributed by atoms with Crippen LogP contribution in [-0.4, -0.2) is 48.8 Å². The van der Waals surface area contributed by atoms with Crippen molar-refractivity contribution in [3.05, 3.63) is 78.6 Å². The van der Waals surface area contributed by atoms with Gasteiger partial charge in [0.2, 0.25) is 15.9 Å². The fourth-order valence-corrected chi connectivity index (χ4v) is 6.94. The third-order valence-electron chi connectivity index (χ3n) is 6.25. The Bertz CT molecular complexity index is 1460. The van der Waals surface area contributed by atoms with E-state index in [4.69, 9.17) is 9.72 Å². The molecule has 0 aliphatic carbocycles. The van der Waals surface area contributed by atoms with Gasteiger partial charge in [-0.05, 0) is 49.2 Å². The summed E-state index contributed by atoms with van der Waals surface area (Å²) in [5.74, 6) is -0.0143. The van der Waals surface area contributed by atoms with Gasteiger partial charge >= 0.3 is 0 Å². The lowest BCUT2D eigenvalue weighted by molar-refractivity contribution is -0.123. The third kappa shape index (κ3) is 4.84. The Kier molecular flexibility index (Phi) is 6.99. The van der Waals surface area contributed by atoms with E-state index in [0.29, 0.717) is 35.8 Å². The standard InChI is InChI=1S/C26H26N4O4S2/c1-34-22-13-7-14-23-24(22)28-26(35-23)30(18-20-10-5-6-15-27-20)25(31)19-9-8-16-29(17-19)36(32,33)21-11-3-2-4-12-21/h2-7,10-15,19H,8-9,16-18H2,1H3. The molecule has 0 bridgehead atoms. The number of ether oxygens (including phenoxy) is 1. The molecule has 2 aromatic heterocycles. The molecule has 0 spiro atoms. The number of fused-ring (bicyclic) bond motifs is 1. The number of anilines is 1. The second kappa shape index (κ2) is 10.3. The number of hydrogen-bond donors (Lipinski definition) is 0. The van der Waals surface area contributed by atoms with Gasteiger partial charge in [-0.1, -0.05) is 41.7 Å². The molecule has 186 valence electrons. The van der Waals surface area contributed by atoms with E-state index in [1.165, 1.54) is 15.6 Å². The van der Waals surface area contributed by atoms with Crippen LogP contribution in [0.3, 0.4) is 0 Å². The summed E-state index contributed by atoms with van der Waals surface area (Å²) in [7, 11) is -2.09. The van der Waals surface area contributed by atoms with Crippen molar-refractivity contribution >= 4 is 42.6 Å². The molecular weight excluding hydrogens is 496 g/mol. The van der Waals surface area contributed by atoms with Crippen LogP contribution in [0.15, 0.2) is 77.8 Å². The summed E-state index contributed by atoms with van der Waals surface area (Å²) in [5, 5.41) is 0.535. The number of methoxy groups -OCH3 is 1. The van der Waals surface area contributed by atoms with Gasteiger partial charge in [0.15, 0.2) is 5.13 Å². The van der Waals surface area contributed by atoms with Gasteiger partial charge in [-0.2, -0.15) is 4.31 Å². The largest absolute Gasteiger partial charge is 0.494 e. The number of nitrogens with zero attached hydrogens (tertiary/aromatic N) is 4. The van der Waals surface area contributed by atoms with E-state index in [0.717, 1.165) is 10.4 Å². The minimum atomic E-state index is -3.69. The van der Waals surface area contributed by atoms with Gasteiger partial charge < -0.3 is 4.74 Å². The molecule has 1 atom stereocenters. The van der Waals surface area contributed by atoms with Crippen molar-refractivity contribution in [2.75, 3.05) is 25.1 Å². The minimum Gasteiger partial charge on any atom is -0.494 e. The van der Waals surface area contributed by atoms with E-state index in [1.807, 2.05) is 36.4 Å². The normalized spacial score (nSPS) is 16.6. The molecule has 5 rings (SSSR count). The molecule has 0 radical (unpaired) electrons. The minimum absolute atomic E-state index is 0.128. The van der Waals surface area contributed by atoms with Crippen LogP contribution < -0.4 is 9.64 Å². The van der Waals surface area contributed by atoms with Crippen molar-refractivity contribution in [3.63, 3.8) is 0 Å². The van der Waals surface area contributed by atoms with Crippen LogP contribution in [0.4, 0.5) is 5.13 Å². The summed E-state index contributed by atoms with van der Waals surface area (Å²) in [4.78, 5) is 25.0. The first-order chi connectivity index (χ1) is 17.5. The molecule has 4 aromatic rings. The number of sulfonamides is 1. The maximum atomic E-state index is 14.0. The summed E-state index contributed by atoms with van der Waals surface area (Å²) in [5.41, 5.74) is 1.41. The quantitative estimate of drug-likeness (QED) is 0.359. The maximum Gasteiger partial charge on any atom is 0.243 e. The molecule has 8 nitrogen and oxygen atoms in total. The zero-order chi connectivity index (χ0) is 25.1. The second-order valence-electron chi connectivity index (χ2n) is 8.56. The van der Waals surface area contributed by atoms with Gasteiger partial charge in [0.1, 0.15) is 11.3 Å². The molecule has 1 aliphatic heterocycles. The highest BCUT2D eigenvalue weighted by Gasteiger charge is 2.36. The SMILES string of the molecule is COc1cccc2sc(N(Cc3ccccn3)C(=O)C3CCCN(S(=O)(=O)c4ccccc4)C3)nc12. The molecule has 1 saturated heterocycles. The Balaban J connectivity index is 1.47. The molecule has 1 amide bonds. The number of aromatic nitrogens is 2. The van der Waals surface area contributed by atoms with Crippen LogP contribution in [0.1, 0.15) is 18.5 Å². The molecule has 2 aromatic carbocycles. The second-order valence-corrected chi connectivity index (χ2v) is 11.5. The first kappa shape index (κ1) is 24.4. The van der Waals surface area contributed by atoms with Crippen molar-refractivity contribution in [1.29, 1.82) is 0 Å². The van der Waals surface area contributed by atoms with E-state index in [2.05, 4.69) is 4.98 Å². The van der Waals surface area contributed by atoms with Crippen LogP contribution in [0.5, 0.6) is 5.75 Å². The predicted molar refractivity (Wildman–Crippen MR) is 140 cm³/mol. The van der Waals surface area contributed by atoms with E-state index in [1.54, 1.807) is 48.5 Å². The summed E-state index contributed by atoms with van der Waals surface area (Å²) in [6.45, 7) is 0.756. The molecule has 1 unspecified atom stereocenters. The Morgan fingerprint density at radius 1 is 1.11 bits per heavy atom. The van der Waals surface area contributed by atoms with Gasteiger partial charge in [-0.15, -0.1) is 0 Å². The fraction of sp³-hybridized carbons (Fsp3) is 0.269. The first-order valence-electron chi connectivity index (χ1n) is 11.7. The van der Waals surface area contributed by atoms with Gasteiger partial charge in [-0.25, -0.2) is 13.4 Å². The van der Waals surface area contributed by atoms with E-state index < -0.39 is 15.9 Å². The lowest BCUT2D eigenvalue weighted by atomic mass is 9.98. The number of pyridine rings is 1. The predicted octanol–water partition coefficient (Wildman–Crippen LogP) is 4.33. The number of thiazole rings is 1. The highest BCUT2D eigenvalue weighted by Crippen LogP contribution is 2.36. The maximum absolute atomic E-state index is 14.0. The highest BCUT2D eigenvalue weighted by atomic mass is 32.2. The summed E-state index contributed by atoms with van der Waals surface area (Å²) in [6.07, 6.45) is 2.90. The lowest BCUT2D eigenvalue weighted by Crippen LogP contribution is -2.46. The number of carbonyl (C=O) groups excluding carboxylic acids is 1. The molecule has 0 saturated carbocycles. The molecular formula is C26H26N4O4S2. The summed E-state index contributed by atoms with van der Waals surface area (Å²) < 4.78 is 34.3. The fourth-order valence-electron chi connectivity index (χ4n) is 4.41. The number of carbonyl (C=O) groups is 1. The average Bonchev–Trinajstić information content (AvgIpc) is 3.37. The first-order valence-corrected chi connectivity index (χ1v) is 13.9. The van der Waals surface area contributed by atoms with E-state index in [-0.39, 0.29) is 23.9 Å². The molecule has 10 heteroatoms. The molecule has 36 heavy (non-hydrogen) atoms. The Morgan fingerprint density at radius 2 is 1.92 bits per heavy atom. The molecule has 0 N–H and O–H groups in total. The van der Waals surface area contributed by atoms with Crippen LogP contribution in [0.2, 0.25) is 0 Å². The summed E-state index contributed by atoms with van der Waals surface area (Å²) in [6, 6.07) is 19.6. The number of piperidine rings is 1. The van der Waals surface area contributed by atoms with Crippen molar-refractivity contribution in [2.45, 2.75) is 24.3 Å². The van der Waals surface area contributed by atoms with Gasteiger partial charge in [-0.3, -0.25) is 14.7 Å². The highest BCUT2D eigenvalue weighted by molar-refractivity contribution is 7.89. The number of amides is 1. The van der Waals surface area contributed by atoms with E-state index in [9.17, 15) is 13.2 Å². The van der Waals surface area contributed by atoms with Crippen LogP contribution in [0.25, 0.3) is 10.2 Å². The number of para-hydroxylation sites is 1. The molecule has 3 heterocycles. The number of rotatable bonds is 7. The van der Waals surface area contributed by atoms with E-state index >= 15 is 0 Å². The molecule has 1 aliphatic rings. The Hall–Kier alpha value is -3.34. The monoisotopic (exact) mass is 522 g/mol. The topological polar surface area (TPSA) is 92.7 Å². The third-order valence-corrected chi connectivity index (χ3v) is 9.17. The summed E-state index contributed by atoms with van der Waals surface area (Å²) >= 11 is 1.40.